The van der Waals surface area contributed by atoms with E-state index >= 15 is 0 Å². The number of benzene rings is 2. The van der Waals surface area contributed by atoms with Gasteiger partial charge >= 0.3 is 6.09 Å². The zero-order valence-corrected chi connectivity index (χ0v) is 27.6. The van der Waals surface area contributed by atoms with E-state index in [4.69, 9.17) is 16.3 Å². The van der Waals surface area contributed by atoms with Gasteiger partial charge in [0.15, 0.2) is 11.6 Å². The Labute approximate surface area is 277 Å². The van der Waals surface area contributed by atoms with Gasteiger partial charge in [-0.05, 0) is 68.7 Å². The zero-order chi connectivity index (χ0) is 33.5. The first-order chi connectivity index (χ1) is 22.4. The fourth-order valence-corrected chi connectivity index (χ4v) is 5.98. The van der Waals surface area contributed by atoms with Gasteiger partial charge in [0, 0.05) is 54.7 Å². The highest BCUT2D eigenvalue weighted by atomic mass is 35.5. The summed E-state index contributed by atoms with van der Waals surface area (Å²) in [6, 6.07) is 15.1. The molecule has 2 amide bonds. The predicted octanol–water partition coefficient (Wildman–Crippen LogP) is 6.77. The van der Waals surface area contributed by atoms with Gasteiger partial charge in [0.1, 0.15) is 11.1 Å². The topological polar surface area (TPSA) is 134 Å². The molecule has 12 heteroatoms. The van der Waals surface area contributed by atoms with Gasteiger partial charge in [0.25, 0.3) is 5.91 Å². The van der Waals surface area contributed by atoms with Crippen LogP contribution >= 0.6 is 11.6 Å². The summed E-state index contributed by atoms with van der Waals surface area (Å²) >= 11 is 6.95. The van der Waals surface area contributed by atoms with E-state index in [2.05, 4.69) is 25.6 Å². The highest BCUT2D eigenvalue weighted by Crippen LogP contribution is 2.38. The molecule has 47 heavy (non-hydrogen) atoms. The molecule has 0 fully saturated rings. The highest BCUT2D eigenvalue weighted by molar-refractivity contribution is 6.36. The quantitative estimate of drug-likeness (QED) is 0.183. The molecule has 11 nitrogen and oxygen atoms in total. The van der Waals surface area contributed by atoms with Crippen molar-refractivity contribution in [2.24, 2.45) is 7.05 Å². The summed E-state index contributed by atoms with van der Waals surface area (Å²) in [6.45, 7) is 8.12. The number of ether oxygens (including phenoxy) is 1. The number of aliphatic hydroxyl groups excluding tert-OH is 1. The molecule has 3 aromatic heterocycles. The number of halogens is 1. The second-order valence-corrected chi connectivity index (χ2v) is 12.9. The van der Waals surface area contributed by atoms with E-state index in [-0.39, 0.29) is 19.0 Å². The first-order valence-electron chi connectivity index (χ1n) is 15.3. The lowest BCUT2D eigenvalue weighted by atomic mass is 9.98. The van der Waals surface area contributed by atoms with Crippen LogP contribution in [0, 0.1) is 6.92 Å². The standard InChI is InChI=1S/C35H36ClN7O4/c1-20-23(8-6-10-25(20)39-31-30-22(12-14-37-31)16-21(19-44)17-38-30)24-9-7-11-26(29(24)36)41-33(45)32-40-27-18-43(15-13-28(27)42(32)5)34(46)47-35(2,3)4/h6-12,14,16-17,44H,13,15,18-19H2,1-5H3,(H,37,39)(H,41,45). The SMILES string of the molecule is Cc1c(Nc2nccc3cc(CO)cnc23)cccc1-c1cccc(NC(=O)c2nc3c(n2C)CCN(C(=O)OC(C)(C)C)C3)c1Cl. The smallest absolute Gasteiger partial charge is 0.410 e. The number of amides is 2. The molecule has 5 aromatic rings. The number of nitrogens with one attached hydrogen (secondary N) is 2. The number of carbonyl (C=O) groups is 2. The Morgan fingerprint density at radius 3 is 2.55 bits per heavy atom. The lowest BCUT2D eigenvalue weighted by Gasteiger charge is -2.29. The average Bonchev–Trinajstić information content (AvgIpc) is 3.38. The van der Waals surface area contributed by atoms with E-state index in [1.54, 1.807) is 35.0 Å². The van der Waals surface area contributed by atoms with Crippen LogP contribution in [0.25, 0.3) is 22.0 Å². The minimum Gasteiger partial charge on any atom is -0.444 e. The Morgan fingerprint density at radius 2 is 1.81 bits per heavy atom. The molecule has 0 unspecified atom stereocenters. The fourth-order valence-electron chi connectivity index (χ4n) is 5.70. The summed E-state index contributed by atoms with van der Waals surface area (Å²) in [4.78, 5) is 41.4. The summed E-state index contributed by atoms with van der Waals surface area (Å²) in [5.74, 6) is 0.411. The largest absolute Gasteiger partial charge is 0.444 e. The van der Waals surface area contributed by atoms with Gasteiger partial charge in [0.2, 0.25) is 0 Å². The number of aromatic nitrogens is 4. The number of imidazole rings is 1. The van der Waals surface area contributed by atoms with Crippen molar-refractivity contribution in [1.82, 2.24) is 24.4 Å². The second-order valence-electron chi connectivity index (χ2n) is 12.5. The van der Waals surface area contributed by atoms with Crippen LogP contribution in [0.1, 0.15) is 53.9 Å². The number of pyridine rings is 2. The van der Waals surface area contributed by atoms with Gasteiger partial charge in [0.05, 0.1) is 29.6 Å². The van der Waals surface area contributed by atoms with Crippen LogP contribution in [0.2, 0.25) is 5.02 Å². The van der Waals surface area contributed by atoms with Crippen LogP contribution in [0.15, 0.2) is 60.9 Å². The third-order valence-corrected chi connectivity index (χ3v) is 8.48. The molecule has 3 N–H and O–H groups in total. The molecule has 1 aliphatic rings. The number of nitrogens with zero attached hydrogens (tertiary/aromatic N) is 5. The van der Waals surface area contributed by atoms with Gasteiger partial charge in [-0.3, -0.25) is 9.78 Å². The van der Waals surface area contributed by atoms with E-state index in [0.717, 1.165) is 39.0 Å². The molecule has 0 aliphatic carbocycles. The Bertz CT molecular complexity index is 2020. The Hall–Kier alpha value is -5.00. The summed E-state index contributed by atoms with van der Waals surface area (Å²) in [5, 5.41) is 17.1. The fraction of sp³-hybridized carbons (Fsp3) is 0.286. The Morgan fingerprint density at radius 1 is 1.06 bits per heavy atom. The summed E-state index contributed by atoms with van der Waals surface area (Å²) in [7, 11) is 1.80. The van der Waals surface area contributed by atoms with Crippen LogP contribution in [-0.4, -0.2) is 53.7 Å². The summed E-state index contributed by atoms with van der Waals surface area (Å²) in [6.07, 6.45) is 3.49. The number of fused-ring (bicyclic) bond motifs is 2. The number of aliphatic hydroxyl groups is 1. The van der Waals surface area contributed by atoms with Crippen molar-refractivity contribution in [2.45, 2.75) is 52.9 Å². The van der Waals surface area contributed by atoms with Crippen LogP contribution in [0.4, 0.5) is 22.0 Å². The average molecular weight is 654 g/mol. The lowest BCUT2D eigenvalue weighted by Crippen LogP contribution is -2.40. The third kappa shape index (κ3) is 6.49. The van der Waals surface area contributed by atoms with Gasteiger partial charge < -0.3 is 29.9 Å². The van der Waals surface area contributed by atoms with Gasteiger partial charge in [-0.1, -0.05) is 35.9 Å². The molecule has 0 saturated heterocycles. The highest BCUT2D eigenvalue weighted by Gasteiger charge is 2.30. The van der Waals surface area contributed by atoms with Crippen LogP contribution in [0.5, 0.6) is 0 Å². The van der Waals surface area contributed by atoms with E-state index in [9.17, 15) is 14.7 Å². The normalized spacial score (nSPS) is 13.0. The lowest BCUT2D eigenvalue weighted by molar-refractivity contribution is 0.0220. The molecule has 0 bridgehead atoms. The molecule has 0 atom stereocenters. The van der Waals surface area contributed by atoms with E-state index in [0.29, 0.717) is 40.7 Å². The van der Waals surface area contributed by atoms with Gasteiger partial charge in [-0.2, -0.15) is 0 Å². The molecule has 2 aromatic carbocycles. The molecule has 0 radical (unpaired) electrons. The molecule has 1 aliphatic heterocycles. The third-order valence-electron chi connectivity index (χ3n) is 8.07. The Balaban J connectivity index is 1.23. The zero-order valence-electron chi connectivity index (χ0n) is 26.9. The molecule has 4 heterocycles. The van der Waals surface area contributed by atoms with E-state index in [1.165, 1.54) is 0 Å². The number of anilines is 3. The number of rotatable bonds is 6. The number of hydrogen-bond donors (Lipinski definition) is 3. The maximum Gasteiger partial charge on any atom is 0.410 e. The van der Waals surface area contributed by atoms with E-state index in [1.807, 2.05) is 70.2 Å². The van der Waals surface area contributed by atoms with Gasteiger partial charge in [-0.15, -0.1) is 0 Å². The van der Waals surface area contributed by atoms with Crippen LogP contribution in [0.3, 0.4) is 0 Å². The van der Waals surface area contributed by atoms with Crippen LogP contribution < -0.4 is 10.6 Å². The van der Waals surface area contributed by atoms with Crippen molar-refractivity contribution < 1.29 is 19.4 Å². The van der Waals surface area contributed by atoms with Crippen LogP contribution in [-0.2, 0) is 31.4 Å². The van der Waals surface area contributed by atoms with Crippen molar-refractivity contribution in [3.05, 3.63) is 94.3 Å². The summed E-state index contributed by atoms with van der Waals surface area (Å²) < 4.78 is 7.30. The maximum absolute atomic E-state index is 13.5. The first kappa shape index (κ1) is 32.0. The minimum atomic E-state index is -0.603. The molecular formula is C35H36ClN7O4. The molecule has 6 rings (SSSR count). The van der Waals surface area contributed by atoms with Crippen molar-refractivity contribution in [3.8, 4) is 11.1 Å². The van der Waals surface area contributed by atoms with Crippen molar-refractivity contribution in [3.63, 3.8) is 0 Å². The molecule has 0 saturated carbocycles. The van der Waals surface area contributed by atoms with Crippen molar-refractivity contribution in [1.29, 1.82) is 0 Å². The first-order valence-corrected chi connectivity index (χ1v) is 15.6. The Kier molecular flexibility index (Phi) is 8.61. The van der Waals surface area contributed by atoms with Gasteiger partial charge in [-0.25, -0.2) is 14.8 Å². The minimum absolute atomic E-state index is 0.0895. The molecule has 242 valence electrons. The maximum atomic E-state index is 13.5. The predicted molar refractivity (Wildman–Crippen MR) is 182 cm³/mol. The molecular weight excluding hydrogens is 618 g/mol. The monoisotopic (exact) mass is 653 g/mol. The number of hydrogen-bond acceptors (Lipinski definition) is 8. The van der Waals surface area contributed by atoms with E-state index < -0.39 is 17.6 Å². The molecule has 0 spiro atoms. The van der Waals surface area contributed by atoms with Crippen molar-refractivity contribution in [2.75, 3.05) is 17.2 Å². The van der Waals surface area contributed by atoms with Crippen molar-refractivity contribution >= 4 is 51.7 Å². The summed E-state index contributed by atoms with van der Waals surface area (Å²) in [5.41, 5.74) is 6.19. The second kappa shape index (κ2) is 12.7. The number of carbonyl (C=O) groups excluding carboxylic acids is 2.